The van der Waals surface area contributed by atoms with E-state index in [-0.39, 0.29) is 11.0 Å². The monoisotopic (exact) mass is 302 g/mol. The van der Waals surface area contributed by atoms with Gasteiger partial charge in [-0.25, -0.2) is 9.97 Å². The minimum absolute atomic E-state index is 0.165. The first-order valence-corrected chi connectivity index (χ1v) is 6.40. The van der Waals surface area contributed by atoms with Crippen LogP contribution >= 0.6 is 34.8 Å². The van der Waals surface area contributed by atoms with Gasteiger partial charge in [-0.1, -0.05) is 29.3 Å². The lowest BCUT2D eigenvalue weighted by atomic mass is 10.2. The van der Waals surface area contributed by atoms with Gasteiger partial charge in [-0.05, 0) is 24.6 Å². The summed E-state index contributed by atoms with van der Waals surface area (Å²) in [5.41, 5.74) is 1.57. The highest BCUT2D eigenvalue weighted by atomic mass is 35.5. The van der Waals surface area contributed by atoms with E-state index in [9.17, 15) is 0 Å². The number of alkyl halides is 1. The molecule has 94 valence electrons. The molecule has 0 aliphatic rings. The molecule has 1 heterocycles. The maximum Gasteiger partial charge on any atom is 0.228 e. The van der Waals surface area contributed by atoms with E-state index < -0.39 is 0 Å². The molecule has 0 amide bonds. The van der Waals surface area contributed by atoms with Crippen LogP contribution in [0.5, 0.6) is 11.6 Å². The summed E-state index contributed by atoms with van der Waals surface area (Å²) in [7, 11) is 0. The second-order valence-electron chi connectivity index (χ2n) is 3.62. The van der Waals surface area contributed by atoms with Crippen molar-refractivity contribution in [3.05, 3.63) is 45.8 Å². The van der Waals surface area contributed by atoms with Crippen LogP contribution in [0.1, 0.15) is 11.1 Å². The van der Waals surface area contributed by atoms with E-state index >= 15 is 0 Å². The second-order valence-corrected chi connectivity index (χ2v) is 4.65. The first kappa shape index (κ1) is 13.4. The molecular formula is C12H9Cl3N2O. The average molecular weight is 304 g/mol. The summed E-state index contributed by atoms with van der Waals surface area (Å²) in [4.78, 5) is 7.86. The Morgan fingerprint density at radius 3 is 2.72 bits per heavy atom. The number of ether oxygens (including phenoxy) is 1. The summed E-state index contributed by atoms with van der Waals surface area (Å²) in [5, 5.41) is 0.773. The number of rotatable bonds is 3. The molecule has 0 aliphatic carbocycles. The largest absolute Gasteiger partial charge is 0.437 e. The Bertz CT molecular complexity index is 575. The lowest BCUT2D eigenvalue weighted by molar-refractivity contribution is 0.456. The fourth-order valence-electron chi connectivity index (χ4n) is 1.37. The van der Waals surface area contributed by atoms with Crippen LogP contribution < -0.4 is 4.74 Å². The van der Waals surface area contributed by atoms with E-state index in [0.29, 0.717) is 22.2 Å². The van der Waals surface area contributed by atoms with Crippen molar-refractivity contribution < 1.29 is 4.74 Å². The third-order valence-electron chi connectivity index (χ3n) is 2.28. The topological polar surface area (TPSA) is 35.0 Å². The minimum atomic E-state index is 0.165. The van der Waals surface area contributed by atoms with Gasteiger partial charge in [0.05, 0.1) is 16.5 Å². The molecule has 1 aromatic carbocycles. The smallest absolute Gasteiger partial charge is 0.228 e. The summed E-state index contributed by atoms with van der Waals surface area (Å²) < 4.78 is 5.64. The van der Waals surface area contributed by atoms with Crippen LogP contribution in [0, 0.1) is 6.92 Å². The first-order valence-electron chi connectivity index (χ1n) is 5.11. The van der Waals surface area contributed by atoms with Crippen LogP contribution in [0.2, 0.25) is 10.2 Å². The van der Waals surface area contributed by atoms with Crippen LogP contribution in [-0.4, -0.2) is 9.97 Å². The van der Waals surface area contributed by atoms with Gasteiger partial charge in [0, 0.05) is 0 Å². The standard InChI is InChI=1S/C12H9Cl3N2O/c1-7-2-3-9(14)10(4-7)18-12-8(5-13)11(15)16-6-17-12/h2-4,6H,5H2,1H3. The Balaban J connectivity index is 2.40. The van der Waals surface area contributed by atoms with Crippen LogP contribution in [0.15, 0.2) is 24.5 Å². The molecule has 2 rings (SSSR count). The second kappa shape index (κ2) is 5.74. The zero-order chi connectivity index (χ0) is 13.1. The number of nitrogens with zero attached hydrogens (tertiary/aromatic N) is 2. The van der Waals surface area contributed by atoms with Crippen molar-refractivity contribution in [1.29, 1.82) is 0 Å². The predicted octanol–water partition coefficient (Wildman–Crippen LogP) is 4.62. The van der Waals surface area contributed by atoms with Crippen LogP contribution in [0.4, 0.5) is 0 Å². The molecule has 0 saturated carbocycles. The number of benzene rings is 1. The lowest BCUT2D eigenvalue weighted by Crippen LogP contribution is -1.96. The number of hydrogen-bond acceptors (Lipinski definition) is 3. The summed E-state index contributed by atoms with van der Waals surface area (Å²) >= 11 is 17.8. The van der Waals surface area contributed by atoms with E-state index in [1.54, 1.807) is 6.07 Å². The normalized spacial score (nSPS) is 10.4. The number of aromatic nitrogens is 2. The fourth-order valence-corrected chi connectivity index (χ4v) is 2.03. The number of aryl methyl sites for hydroxylation is 1. The molecule has 2 aromatic rings. The highest BCUT2D eigenvalue weighted by Gasteiger charge is 2.12. The van der Waals surface area contributed by atoms with Crippen molar-refractivity contribution in [2.75, 3.05) is 0 Å². The van der Waals surface area contributed by atoms with Gasteiger partial charge < -0.3 is 4.74 Å². The van der Waals surface area contributed by atoms with Gasteiger partial charge >= 0.3 is 0 Å². The van der Waals surface area contributed by atoms with Crippen molar-refractivity contribution in [3.63, 3.8) is 0 Å². The van der Waals surface area contributed by atoms with Crippen molar-refractivity contribution in [2.24, 2.45) is 0 Å². The van der Waals surface area contributed by atoms with Gasteiger partial charge in [0.15, 0.2) is 0 Å². The predicted molar refractivity (Wildman–Crippen MR) is 72.9 cm³/mol. The Kier molecular flexibility index (Phi) is 4.27. The average Bonchev–Trinajstić information content (AvgIpc) is 2.34. The van der Waals surface area contributed by atoms with Gasteiger partial charge in [-0.2, -0.15) is 0 Å². The molecule has 3 nitrogen and oxygen atoms in total. The molecule has 0 N–H and O–H groups in total. The maximum atomic E-state index is 6.05. The summed E-state index contributed by atoms with van der Waals surface area (Å²) in [6.45, 7) is 1.94. The van der Waals surface area contributed by atoms with Crippen LogP contribution in [0.25, 0.3) is 0 Å². The van der Waals surface area contributed by atoms with Gasteiger partial charge in [0.1, 0.15) is 17.2 Å². The molecule has 0 radical (unpaired) electrons. The van der Waals surface area contributed by atoms with E-state index in [4.69, 9.17) is 39.5 Å². The first-order chi connectivity index (χ1) is 8.61. The Labute approximate surface area is 120 Å². The van der Waals surface area contributed by atoms with E-state index in [1.807, 2.05) is 19.1 Å². The Hall–Kier alpha value is -1.03. The van der Waals surface area contributed by atoms with Crippen LogP contribution in [-0.2, 0) is 5.88 Å². The zero-order valence-electron chi connectivity index (χ0n) is 9.45. The van der Waals surface area contributed by atoms with Crippen molar-refractivity contribution in [2.45, 2.75) is 12.8 Å². The van der Waals surface area contributed by atoms with E-state index in [2.05, 4.69) is 9.97 Å². The molecule has 0 bridgehead atoms. The molecular weight excluding hydrogens is 295 g/mol. The van der Waals surface area contributed by atoms with Crippen molar-refractivity contribution in [3.8, 4) is 11.6 Å². The number of hydrogen-bond donors (Lipinski definition) is 0. The molecule has 18 heavy (non-hydrogen) atoms. The summed E-state index contributed by atoms with van der Waals surface area (Å²) in [5.74, 6) is 0.994. The molecule has 0 spiro atoms. The molecule has 0 saturated heterocycles. The highest BCUT2D eigenvalue weighted by Crippen LogP contribution is 2.32. The molecule has 0 fully saturated rings. The highest BCUT2D eigenvalue weighted by molar-refractivity contribution is 6.32. The fraction of sp³-hybridized carbons (Fsp3) is 0.167. The minimum Gasteiger partial charge on any atom is -0.437 e. The van der Waals surface area contributed by atoms with E-state index in [1.165, 1.54) is 6.33 Å². The summed E-state index contributed by atoms with van der Waals surface area (Å²) in [6, 6.07) is 5.47. The molecule has 0 unspecified atom stereocenters. The van der Waals surface area contributed by atoms with Crippen LogP contribution in [0.3, 0.4) is 0 Å². The lowest BCUT2D eigenvalue weighted by Gasteiger charge is -2.10. The quantitative estimate of drug-likeness (QED) is 0.613. The zero-order valence-corrected chi connectivity index (χ0v) is 11.7. The Morgan fingerprint density at radius 2 is 2.00 bits per heavy atom. The molecule has 0 atom stereocenters. The summed E-state index contributed by atoms with van der Waals surface area (Å²) in [6.07, 6.45) is 1.32. The Morgan fingerprint density at radius 1 is 1.22 bits per heavy atom. The molecule has 1 aromatic heterocycles. The molecule has 0 aliphatic heterocycles. The SMILES string of the molecule is Cc1ccc(Cl)c(Oc2ncnc(Cl)c2CCl)c1. The third-order valence-corrected chi connectivity index (χ3v) is 3.19. The molecule has 6 heteroatoms. The third kappa shape index (κ3) is 2.86. The van der Waals surface area contributed by atoms with Gasteiger partial charge in [-0.3, -0.25) is 0 Å². The van der Waals surface area contributed by atoms with Gasteiger partial charge in [0.25, 0.3) is 0 Å². The van der Waals surface area contributed by atoms with Crippen molar-refractivity contribution in [1.82, 2.24) is 9.97 Å². The number of halogens is 3. The van der Waals surface area contributed by atoms with E-state index in [0.717, 1.165) is 5.56 Å². The van der Waals surface area contributed by atoms with Gasteiger partial charge in [-0.15, -0.1) is 11.6 Å². The van der Waals surface area contributed by atoms with Crippen molar-refractivity contribution >= 4 is 34.8 Å². The van der Waals surface area contributed by atoms with Gasteiger partial charge in [0.2, 0.25) is 5.88 Å². The maximum absolute atomic E-state index is 6.05.